The third-order valence-corrected chi connectivity index (χ3v) is 9.06. The molecule has 2 aromatic carbocycles. The van der Waals surface area contributed by atoms with Gasteiger partial charge in [0.25, 0.3) is 0 Å². The van der Waals surface area contributed by atoms with Gasteiger partial charge in [0.05, 0.1) is 31.0 Å². The van der Waals surface area contributed by atoms with Gasteiger partial charge in [0.1, 0.15) is 41.3 Å². The number of anilines is 2. The summed E-state index contributed by atoms with van der Waals surface area (Å²) in [4.78, 5) is 9.03. The van der Waals surface area contributed by atoms with Crippen LogP contribution in [0, 0.1) is 12.7 Å². The number of halogens is 1. The van der Waals surface area contributed by atoms with Gasteiger partial charge in [-0.1, -0.05) is 31.5 Å². The van der Waals surface area contributed by atoms with E-state index < -0.39 is 5.82 Å². The predicted octanol–water partition coefficient (Wildman–Crippen LogP) is 5.63. The molecular formula is C27H33FN4O4S. The zero-order chi connectivity index (χ0) is 26.3. The highest BCUT2D eigenvalue weighted by Gasteiger charge is 2.43. The zero-order valence-corrected chi connectivity index (χ0v) is 22.8. The van der Waals surface area contributed by atoms with Gasteiger partial charge in [-0.05, 0) is 37.8 Å². The van der Waals surface area contributed by atoms with Gasteiger partial charge in [-0.15, -0.1) is 0 Å². The minimum atomic E-state index is -0.395. The molecule has 198 valence electrons. The molecule has 3 aromatic rings. The summed E-state index contributed by atoms with van der Waals surface area (Å²) in [5.41, 5.74) is 2.94. The Hall–Kier alpha value is -2.82. The number of aryl methyl sites for hydroxylation is 1. The van der Waals surface area contributed by atoms with Crippen molar-refractivity contribution in [3.05, 3.63) is 42.0 Å². The van der Waals surface area contributed by atoms with Crippen molar-refractivity contribution in [2.45, 2.75) is 57.2 Å². The standard InChI is InChI=1S/C27H33FN4O4S/c1-15-23-18(12-19(24(15)33-5)32-37(6)27(2,3)4)29-14-30-26(23)31-17-8-7-16(28)11-21(17)36-22-13-35-20-9-10-34-25(20)22/h7-8,11-12,14,20,22,25H,9-10,13H2,1-6H3,(H,29,30,31)/t20-,22?,25+,37?/m1/s1. The average Bonchev–Trinajstić information content (AvgIpc) is 3.45. The summed E-state index contributed by atoms with van der Waals surface area (Å²) < 4.78 is 42.9. The van der Waals surface area contributed by atoms with Gasteiger partial charge in [0.2, 0.25) is 0 Å². The van der Waals surface area contributed by atoms with Crippen molar-refractivity contribution in [3.63, 3.8) is 0 Å². The first-order valence-electron chi connectivity index (χ1n) is 12.3. The van der Waals surface area contributed by atoms with Crippen LogP contribution in [-0.2, 0) is 20.2 Å². The SMILES string of the molecule is COc1c(N=S(C)C(C)(C)C)cc2ncnc(Nc3ccc(F)cc3OC3CO[C@@H]4CCO[C@H]34)c2c1C. The smallest absolute Gasteiger partial charge is 0.151 e. The minimum Gasteiger partial charge on any atom is -0.494 e. The second-order valence-corrected chi connectivity index (χ2v) is 12.6. The number of methoxy groups -OCH3 is 1. The fourth-order valence-corrected chi connectivity index (χ4v) is 5.31. The van der Waals surface area contributed by atoms with E-state index in [-0.39, 0.29) is 33.8 Å². The van der Waals surface area contributed by atoms with Crippen molar-refractivity contribution < 1.29 is 23.3 Å². The summed E-state index contributed by atoms with van der Waals surface area (Å²) in [7, 11) is 1.41. The van der Waals surface area contributed by atoms with Crippen molar-refractivity contribution in [3.8, 4) is 11.5 Å². The first kappa shape index (κ1) is 25.8. The topological polar surface area (TPSA) is 87.1 Å². The molecule has 0 amide bonds. The van der Waals surface area contributed by atoms with Crippen LogP contribution >= 0.6 is 0 Å². The van der Waals surface area contributed by atoms with E-state index in [9.17, 15) is 4.39 Å². The molecule has 0 saturated carbocycles. The third-order valence-electron chi connectivity index (χ3n) is 6.82. The van der Waals surface area contributed by atoms with Crippen LogP contribution in [0.15, 0.2) is 35.0 Å². The Bertz CT molecular complexity index is 1360. The molecule has 1 N–H and O–H groups in total. The first-order valence-corrected chi connectivity index (χ1v) is 13.9. The maximum atomic E-state index is 14.3. The molecule has 1 aromatic heterocycles. The fraction of sp³-hybridized carbons (Fsp3) is 0.481. The average molecular weight is 529 g/mol. The van der Waals surface area contributed by atoms with Crippen molar-refractivity contribution >= 4 is 38.8 Å². The van der Waals surface area contributed by atoms with E-state index in [2.05, 4.69) is 42.3 Å². The van der Waals surface area contributed by atoms with Crippen LogP contribution in [0.5, 0.6) is 11.5 Å². The lowest BCUT2D eigenvalue weighted by molar-refractivity contribution is 0.0310. The normalized spacial score (nSPS) is 22.3. The van der Waals surface area contributed by atoms with E-state index in [0.717, 1.165) is 28.6 Å². The molecule has 4 atom stereocenters. The number of fused-ring (bicyclic) bond motifs is 2. The highest BCUT2D eigenvalue weighted by atomic mass is 32.2. The van der Waals surface area contributed by atoms with E-state index in [4.69, 9.17) is 23.3 Å². The number of nitrogens with zero attached hydrogens (tertiary/aromatic N) is 3. The van der Waals surface area contributed by atoms with Crippen LogP contribution in [0.1, 0.15) is 32.8 Å². The number of benzene rings is 2. The van der Waals surface area contributed by atoms with Gasteiger partial charge in [-0.3, -0.25) is 0 Å². The summed E-state index contributed by atoms with van der Waals surface area (Å²) in [5.74, 6) is 1.21. The summed E-state index contributed by atoms with van der Waals surface area (Å²) in [6, 6.07) is 6.33. The number of ether oxygens (including phenoxy) is 4. The number of hydrogen-bond acceptors (Lipinski definition) is 8. The Morgan fingerprint density at radius 2 is 2.00 bits per heavy atom. The van der Waals surface area contributed by atoms with Crippen molar-refractivity contribution in [1.29, 1.82) is 0 Å². The largest absolute Gasteiger partial charge is 0.494 e. The summed E-state index contributed by atoms with van der Waals surface area (Å²) in [6.07, 6.45) is 4.03. The minimum absolute atomic E-state index is 0.0251. The van der Waals surface area contributed by atoms with Crippen molar-refractivity contribution in [2.24, 2.45) is 4.36 Å². The predicted molar refractivity (Wildman–Crippen MR) is 144 cm³/mol. The molecule has 0 radical (unpaired) electrons. The Labute approximate surface area is 219 Å². The fourth-order valence-electron chi connectivity index (χ4n) is 4.60. The van der Waals surface area contributed by atoms with Gasteiger partial charge < -0.3 is 24.3 Å². The Morgan fingerprint density at radius 3 is 2.76 bits per heavy atom. The molecule has 2 unspecified atom stereocenters. The molecule has 2 fully saturated rings. The molecule has 0 aliphatic carbocycles. The highest BCUT2D eigenvalue weighted by Crippen LogP contribution is 2.41. The first-order chi connectivity index (χ1) is 17.7. The lowest BCUT2D eigenvalue weighted by Gasteiger charge is -2.22. The van der Waals surface area contributed by atoms with Crippen LogP contribution in [0.3, 0.4) is 0 Å². The summed E-state index contributed by atoms with van der Waals surface area (Å²) >= 11 is 0. The van der Waals surface area contributed by atoms with Crippen LogP contribution in [0.2, 0.25) is 0 Å². The molecule has 5 rings (SSSR count). The highest BCUT2D eigenvalue weighted by molar-refractivity contribution is 7.88. The van der Waals surface area contributed by atoms with Crippen molar-refractivity contribution in [2.75, 3.05) is 31.9 Å². The quantitative estimate of drug-likeness (QED) is 0.444. The summed E-state index contributed by atoms with van der Waals surface area (Å²) in [5, 5.41) is 4.14. The molecule has 2 aliphatic rings. The van der Waals surface area contributed by atoms with Gasteiger partial charge in [0.15, 0.2) is 6.10 Å². The van der Waals surface area contributed by atoms with Gasteiger partial charge in [-0.2, -0.15) is 0 Å². The Morgan fingerprint density at radius 1 is 1.19 bits per heavy atom. The van der Waals surface area contributed by atoms with Gasteiger partial charge in [0, 0.05) is 28.4 Å². The molecule has 37 heavy (non-hydrogen) atoms. The number of rotatable bonds is 6. The van der Waals surface area contributed by atoms with E-state index in [0.29, 0.717) is 36.2 Å². The van der Waals surface area contributed by atoms with E-state index >= 15 is 0 Å². The maximum absolute atomic E-state index is 14.3. The molecule has 10 heteroatoms. The van der Waals surface area contributed by atoms with Crippen LogP contribution in [-0.4, -0.2) is 59.6 Å². The molecule has 3 heterocycles. The number of aromatic nitrogens is 2. The van der Waals surface area contributed by atoms with E-state index in [1.54, 1.807) is 13.2 Å². The Kier molecular flexibility index (Phi) is 7.08. The molecular weight excluding hydrogens is 495 g/mol. The van der Waals surface area contributed by atoms with Gasteiger partial charge in [-0.25, -0.2) is 18.7 Å². The summed E-state index contributed by atoms with van der Waals surface area (Å²) in [6.45, 7) is 9.52. The monoisotopic (exact) mass is 528 g/mol. The molecule has 8 nitrogen and oxygen atoms in total. The second kappa shape index (κ2) is 10.2. The second-order valence-electron chi connectivity index (χ2n) is 10.3. The van der Waals surface area contributed by atoms with Crippen LogP contribution < -0.4 is 14.8 Å². The van der Waals surface area contributed by atoms with Crippen molar-refractivity contribution in [1.82, 2.24) is 9.97 Å². The lowest BCUT2D eigenvalue weighted by Crippen LogP contribution is -2.32. The third kappa shape index (κ3) is 5.15. The molecule has 2 aliphatic heterocycles. The maximum Gasteiger partial charge on any atom is 0.151 e. The number of hydrogen-bond donors (Lipinski definition) is 1. The van der Waals surface area contributed by atoms with E-state index in [1.165, 1.54) is 18.5 Å². The van der Waals surface area contributed by atoms with Crippen LogP contribution in [0.25, 0.3) is 10.9 Å². The Balaban J connectivity index is 1.53. The van der Waals surface area contributed by atoms with Gasteiger partial charge >= 0.3 is 0 Å². The van der Waals surface area contributed by atoms with Crippen LogP contribution in [0.4, 0.5) is 21.6 Å². The lowest BCUT2D eigenvalue weighted by atomic mass is 10.1. The number of nitrogens with one attached hydrogen (secondary N) is 1. The molecule has 0 bridgehead atoms. The molecule has 0 spiro atoms. The molecule has 2 saturated heterocycles. The van der Waals surface area contributed by atoms with E-state index in [1.807, 2.05) is 13.0 Å². The zero-order valence-electron chi connectivity index (χ0n) is 22.0.